The first-order valence-electron chi connectivity index (χ1n) is 6.85. The average Bonchev–Trinajstić information content (AvgIpc) is 2.37. The van der Waals surface area contributed by atoms with Crippen molar-refractivity contribution in [3.63, 3.8) is 0 Å². The van der Waals surface area contributed by atoms with Crippen LogP contribution >= 0.6 is 0 Å². The molecule has 0 spiro atoms. The van der Waals surface area contributed by atoms with Gasteiger partial charge in [0.15, 0.2) is 5.69 Å². The fourth-order valence-corrected chi connectivity index (χ4v) is 2.22. The molecule has 0 aromatic carbocycles. The minimum absolute atomic E-state index is 0.153. The SMILES string of the molecule is CC(C)c1ncc(N)c(C(=O)N2CCOCC2(C)C)n1. The van der Waals surface area contributed by atoms with Crippen LogP contribution in [0.2, 0.25) is 0 Å². The standard InChI is InChI=1S/C14H22N4O2/c1-9(2)12-16-7-10(15)11(17-12)13(19)18-5-6-20-8-14(18,3)4/h7,9H,5-6,8,15H2,1-4H3. The first-order valence-corrected chi connectivity index (χ1v) is 6.85. The van der Waals surface area contributed by atoms with E-state index < -0.39 is 0 Å². The molecule has 110 valence electrons. The maximum absolute atomic E-state index is 12.7. The lowest BCUT2D eigenvalue weighted by Gasteiger charge is -2.42. The van der Waals surface area contributed by atoms with Crippen LogP contribution in [-0.2, 0) is 4.74 Å². The number of carbonyl (C=O) groups is 1. The number of carbonyl (C=O) groups excluding carboxylic acids is 1. The molecule has 6 heteroatoms. The molecule has 1 fully saturated rings. The fraction of sp³-hybridized carbons (Fsp3) is 0.643. The van der Waals surface area contributed by atoms with Gasteiger partial charge in [0.1, 0.15) is 5.82 Å². The zero-order chi connectivity index (χ0) is 14.9. The molecule has 2 heterocycles. The van der Waals surface area contributed by atoms with Crippen molar-refractivity contribution in [3.05, 3.63) is 17.7 Å². The van der Waals surface area contributed by atoms with Crippen LogP contribution in [0.4, 0.5) is 5.69 Å². The molecule has 1 aromatic rings. The van der Waals surface area contributed by atoms with Crippen LogP contribution in [0.1, 0.15) is 49.9 Å². The summed E-state index contributed by atoms with van der Waals surface area (Å²) in [5.41, 5.74) is 6.14. The van der Waals surface area contributed by atoms with E-state index in [1.165, 1.54) is 6.20 Å². The van der Waals surface area contributed by atoms with E-state index in [2.05, 4.69) is 9.97 Å². The zero-order valence-electron chi connectivity index (χ0n) is 12.5. The van der Waals surface area contributed by atoms with Crippen LogP contribution in [-0.4, -0.2) is 46.1 Å². The molecule has 0 bridgehead atoms. The van der Waals surface area contributed by atoms with Crippen molar-refractivity contribution >= 4 is 11.6 Å². The van der Waals surface area contributed by atoms with Crippen LogP contribution in [0.5, 0.6) is 0 Å². The van der Waals surface area contributed by atoms with Crippen molar-refractivity contribution < 1.29 is 9.53 Å². The molecule has 2 N–H and O–H groups in total. The molecule has 1 saturated heterocycles. The molecule has 0 atom stereocenters. The second-order valence-corrected chi connectivity index (χ2v) is 6.01. The molecular weight excluding hydrogens is 256 g/mol. The first-order chi connectivity index (χ1) is 9.33. The Hall–Kier alpha value is -1.69. The predicted octanol–water partition coefficient (Wildman–Crippen LogP) is 1.43. The normalized spacial score (nSPS) is 18.4. The van der Waals surface area contributed by atoms with Gasteiger partial charge in [0.25, 0.3) is 5.91 Å². The van der Waals surface area contributed by atoms with Gasteiger partial charge in [-0.15, -0.1) is 0 Å². The number of aromatic nitrogens is 2. The van der Waals surface area contributed by atoms with Crippen molar-refractivity contribution in [2.45, 2.75) is 39.2 Å². The highest BCUT2D eigenvalue weighted by Gasteiger charge is 2.36. The third-order valence-corrected chi connectivity index (χ3v) is 3.45. The van der Waals surface area contributed by atoms with E-state index in [4.69, 9.17) is 10.5 Å². The predicted molar refractivity (Wildman–Crippen MR) is 76.5 cm³/mol. The summed E-state index contributed by atoms with van der Waals surface area (Å²) in [6, 6.07) is 0. The monoisotopic (exact) mass is 278 g/mol. The smallest absolute Gasteiger partial charge is 0.275 e. The number of anilines is 1. The van der Waals surface area contributed by atoms with Gasteiger partial charge in [0.2, 0.25) is 0 Å². The van der Waals surface area contributed by atoms with Gasteiger partial charge in [-0.05, 0) is 13.8 Å². The van der Waals surface area contributed by atoms with Gasteiger partial charge in [-0.1, -0.05) is 13.8 Å². The van der Waals surface area contributed by atoms with E-state index in [9.17, 15) is 4.79 Å². The number of nitrogens with zero attached hydrogens (tertiary/aromatic N) is 3. The Bertz CT molecular complexity index is 514. The van der Waals surface area contributed by atoms with Gasteiger partial charge in [-0.25, -0.2) is 9.97 Å². The lowest BCUT2D eigenvalue weighted by molar-refractivity contribution is -0.0372. The fourth-order valence-electron chi connectivity index (χ4n) is 2.22. The maximum Gasteiger partial charge on any atom is 0.275 e. The Labute approximate surface area is 119 Å². The third-order valence-electron chi connectivity index (χ3n) is 3.45. The summed E-state index contributed by atoms with van der Waals surface area (Å²) < 4.78 is 5.44. The van der Waals surface area contributed by atoms with E-state index in [0.29, 0.717) is 37.0 Å². The quantitative estimate of drug-likeness (QED) is 0.885. The minimum atomic E-state index is -0.356. The molecule has 2 rings (SSSR count). The lowest BCUT2D eigenvalue weighted by atomic mass is 10.0. The Balaban J connectivity index is 2.35. The van der Waals surface area contributed by atoms with Gasteiger partial charge in [-0.3, -0.25) is 4.79 Å². The Morgan fingerprint density at radius 1 is 1.50 bits per heavy atom. The lowest BCUT2D eigenvalue weighted by Crippen LogP contribution is -2.55. The van der Waals surface area contributed by atoms with Crippen molar-refractivity contribution in [1.82, 2.24) is 14.9 Å². The van der Waals surface area contributed by atoms with E-state index in [-0.39, 0.29) is 17.4 Å². The largest absolute Gasteiger partial charge is 0.396 e. The van der Waals surface area contributed by atoms with Crippen LogP contribution < -0.4 is 5.73 Å². The van der Waals surface area contributed by atoms with E-state index in [1.54, 1.807) is 4.90 Å². The molecule has 0 radical (unpaired) electrons. The first kappa shape index (κ1) is 14.7. The van der Waals surface area contributed by atoms with E-state index in [0.717, 1.165) is 0 Å². The second kappa shape index (κ2) is 5.36. The Kier molecular flexibility index (Phi) is 3.94. The number of nitrogens with two attached hydrogens (primary N) is 1. The molecule has 1 aliphatic heterocycles. The average molecular weight is 278 g/mol. The number of hydrogen-bond donors (Lipinski definition) is 1. The number of hydrogen-bond acceptors (Lipinski definition) is 5. The zero-order valence-corrected chi connectivity index (χ0v) is 12.5. The summed E-state index contributed by atoms with van der Waals surface area (Å²) in [5, 5.41) is 0. The van der Waals surface area contributed by atoms with Crippen molar-refractivity contribution in [3.8, 4) is 0 Å². The van der Waals surface area contributed by atoms with Crippen molar-refractivity contribution in [2.24, 2.45) is 0 Å². The van der Waals surface area contributed by atoms with Gasteiger partial charge in [0.05, 0.1) is 30.6 Å². The summed E-state index contributed by atoms with van der Waals surface area (Å²) in [5.74, 6) is 0.633. The van der Waals surface area contributed by atoms with Gasteiger partial charge >= 0.3 is 0 Å². The highest BCUT2D eigenvalue weighted by atomic mass is 16.5. The topological polar surface area (TPSA) is 81.3 Å². The van der Waals surface area contributed by atoms with E-state index in [1.807, 2.05) is 27.7 Å². The van der Waals surface area contributed by atoms with E-state index >= 15 is 0 Å². The number of rotatable bonds is 2. The number of nitrogen functional groups attached to an aromatic ring is 1. The summed E-state index contributed by atoms with van der Waals surface area (Å²) in [6.45, 7) is 9.52. The number of morpholine rings is 1. The molecule has 0 aliphatic carbocycles. The minimum Gasteiger partial charge on any atom is -0.396 e. The molecule has 1 amide bonds. The third kappa shape index (κ3) is 2.75. The van der Waals surface area contributed by atoms with Crippen LogP contribution in [0.25, 0.3) is 0 Å². The van der Waals surface area contributed by atoms with Gasteiger partial charge in [0, 0.05) is 12.5 Å². The molecule has 6 nitrogen and oxygen atoms in total. The van der Waals surface area contributed by atoms with Crippen molar-refractivity contribution in [1.29, 1.82) is 0 Å². The van der Waals surface area contributed by atoms with Crippen molar-refractivity contribution in [2.75, 3.05) is 25.5 Å². The number of ether oxygens (including phenoxy) is 1. The molecule has 0 unspecified atom stereocenters. The Morgan fingerprint density at radius 2 is 2.20 bits per heavy atom. The molecule has 20 heavy (non-hydrogen) atoms. The van der Waals surface area contributed by atoms with Crippen LogP contribution in [0.3, 0.4) is 0 Å². The molecule has 1 aliphatic rings. The number of amides is 1. The highest BCUT2D eigenvalue weighted by molar-refractivity contribution is 5.97. The summed E-state index contributed by atoms with van der Waals surface area (Å²) >= 11 is 0. The summed E-state index contributed by atoms with van der Waals surface area (Å²) in [6.07, 6.45) is 1.52. The van der Waals surface area contributed by atoms with Gasteiger partial charge in [-0.2, -0.15) is 0 Å². The van der Waals surface area contributed by atoms with Crippen LogP contribution in [0, 0.1) is 0 Å². The summed E-state index contributed by atoms with van der Waals surface area (Å²) in [7, 11) is 0. The highest BCUT2D eigenvalue weighted by Crippen LogP contribution is 2.23. The second-order valence-electron chi connectivity index (χ2n) is 6.01. The molecule has 1 aromatic heterocycles. The Morgan fingerprint density at radius 3 is 2.80 bits per heavy atom. The molecule has 0 saturated carbocycles. The molecular formula is C14H22N4O2. The van der Waals surface area contributed by atoms with Crippen LogP contribution in [0.15, 0.2) is 6.20 Å². The maximum atomic E-state index is 12.7. The van der Waals surface area contributed by atoms with Gasteiger partial charge < -0.3 is 15.4 Å². The summed E-state index contributed by atoms with van der Waals surface area (Å²) in [4.78, 5) is 23.0.